The second-order valence-corrected chi connectivity index (χ2v) is 5.40. The number of nitrogen functional groups attached to an aromatic ring is 1. The van der Waals surface area contributed by atoms with Gasteiger partial charge in [-0.25, -0.2) is 4.98 Å². The van der Waals surface area contributed by atoms with Crippen molar-refractivity contribution >= 4 is 28.4 Å². The molecule has 0 fully saturated rings. The van der Waals surface area contributed by atoms with Crippen LogP contribution in [0.15, 0.2) is 35.3 Å². The van der Waals surface area contributed by atoms with Crippen molar-refractivity contribution in [2.24, 2.45) is 0 Å². The molecule has 86 valence electrons. The minimum atomic E-state index is 0.666. The number of rotatable bonds is 3. The molecule has 3 aromatic rings. The van der Waals surface area contributed by atoms with Crippen LogP contribution in [0, 0.1) is 0 Å². The molecule has 0 saturated heterocycles. The Morgan fingerprint density at radius 3 is 3.00 bits per heavy atom. The zero-order valence-corrected chi connectivity index (χ0v) is 10.5. The second-order valence-electron chi connectivity index (χ2n) is 3.59. The first-order chi connectivity index (χ1) is 8.31. The molecular formula is C11H10N4S2. The maximum atomic E-state index is 5.62. The Balaban J connectivity index is 1.81. The number of nitrogens with zero attached hydrogens (tertiary/aromatic N) is 3. The third-order valence-electron chi connectivity index (χ3n) is 2.26. The first kappa shape index (κ1) is 10.5. The minimum Gasteiger partial charge on any atom is -0.396 e. The van der Waals surface area contributed by atoms with Gasteiger partial charge in [0.15, 0.2) is 0 Å². The average molecular weight is 262 g/mol. The van der Waals surface area contributed by atoms with Crippen molar-refractivity contribution in [2.45, 2.75) is 6.54 Å². The Morgan fingerprint density at radius 2 is 2.29 bits per heavy atom. The highest BCUT2D eigenvalue weighted by molar-refractivity contribution is 7.20. The van der Waals surface area contributed by atoms with Gasteiger partial charge in [-0.2, -0.15) is 5.10 Å². The third-order valence-corrected chi connectivity index (χ3v) is 4.19. The normalized spacial score (nSPS) is 10.8. The summed E-state index contributed by atoms with van der Waals surface area (Å²) in [4.78, 5) is 5.79. The third kappa shape index (κ3) is 2.22. The summed E-state index contributed by atoms with van der Waals surface area (Å²) in [6.45, 7) is 0.666. The van der Waals surface area contributed by atoms with Gasteiger partial charge in [-0.1, -0.05) is 6.07 Å². The van der Waals surface area contributed by atoms with Crippen molar-refractivity contribution in [2.75, 3.05) is 5.73 Å². The van der Waals surface area contributed by atoms with Crippen molar-refractivity contribution < 1.29 is 0 Å². The van der Waals surface area contributed by atoms with E-state index in [4.69, 9.17) is 5.73 Å². The van der Waals surface area contributed by atoms with Gasteiger partial charge in [0, 0.05) is 11.6 Å². The van der Waals surface area contributed by atoms with E-state index in [0.29, 0.717) is 12.2 Å². The van der Waals surface area contributed by atoms with E-state index in [9.17, 15) is 0 Å². The quantitative estimate of drug-likeness (QED) is 0.789. The van der Waals surface area contributed by atoms with E-state index in [0.717, 1.165) is 10.7 Å². The maximum Gasteiger partial charge on any atom is 0.133 e. The second kappa shape index (κ2) is 4.31. The summed E-state index contributed by atoms with van der Waals surface area (Å²) < 4.78 is 1.79. The lowest BCUT2D eigenvalue weighted by Gasteiger charge is -1.96. The molecule has 0 amide bonds. The van der Waals surface area contributed by atoms with Gasteiger partial charge in [0.2, 0.25) is 0 Å². The van der Waals surface area contributed by atoms with Crippen LogP contribution in [0.1, 0.15) is 5.69 Å². The fraction of sp³-hybridized carbons (Fsp3) is 0.0909. The fourth-order valence-electron chi connectivity index (χ4n) is 1.53. The van der Waals surface area contributed by atoms with Crippen molar-refractivity contribution in [3.8, 4) is 9.88 Å². The van der Waals surface area contributed by atoms with Crippen LogP contribution >= 0.6 is 22.7 Å². The van der Waals surface area contributed by atoms with Crippen LogP contribution in [0.3, 0.4) is 0 Å². The SMILES string of the molecule is Nc1cnn(Cc2csc(-c3cccs3)n2)c1. The van der Waals surface area contributed by atoms with Gasteiger partial charge in [0.1, 0.15) is 5.01 Å². The highest BCUT2D eigenvalue weighted by Crippen LogP contribution is 2.27. The van der Waals surface area contributed by atoms with Crippen LogP contribution in [0.2, 0.25) is 0 Å². The molecule has 0 aliphatic rings. The van der Waals surface area contributed by atoms with Crippen molar-refractivity contribution in [1.82, 2.24) is 14.8 Å². The van der Waals surface area contributed by atoms with Gasteiger partial charge < -0.3 is 5.73 Å². The molecular weight excluding hydrogens is 252 g/mol. The molecule has 3 aromatic heterocycles. The summed E-state index contributed by atoms with van der Waals surface area (Å²) in [5, 5.41) is 9.33. The Labute approximate surface area is 106 Å². The van der Waals surface area contributed by atoms with Crippen LogP contribution in [0.4, 0.5) is 5.69 Å². The molecule has 0 spiro atoms. The van der Waals surface area contributed by atoms with Gasteiger partial charge in [-0.3, -0.25) is 4.68 Å². The Kier molecular flexibility index (Phi) is 2.66. The Bertz CT molecular complexity index is 609. The van der Waals surface area contributed by atoms with E-state index >= 15 is 0 Å². The molecule has 3 heterocycles. The highest BCUT2D eigenvalue weighted by Gasteiger charge is 2.06. The number of thiophene rings is 1. The van der Waals surface area contributed by atoms with Gasteiger partial charge in [0.25, 0.3) is 0 Å². The van der Waals surface area contributed by atoms with E-state index in [-0.39, 0.29) is 0 Å². The number of hydrogen-bond acceptors (Lipinski definition) is 5. The zero-order chi connectivity index (χ0) is 11.7. The van der Waals surface area contributed by atoms with Gasteiger partial charge in [-0.05, 0) is 11.4 Å². The Morgan fingerprint density at radius 1 is 1.35 bits per heavy atom. The van der Waals surface area contributed by atoms with Gasteiger partial charge >= 0.3 is 0 Å². The molecule has 0 bridgehead atoms. The summed E-state index contributed by atoms with van der Waals surface area (Å²) in [7, 11) is 0. The van der Waals surface area contributed by atoms with Crippen molar-refractivity contribution in [3.05, 3.63) is 41.0 Å². The van der Waals surface area contributed by atoms with Crippen LogP contribution in [-0.2, 0) is 6.54 Å². The average Bonchev–Trinajstić information content (AvgIpc) is 3.00. The molecule has 0 aliphatic heterocycles. The summed E-state index contributed by atoms with van der Waals surface area (Å²) in [5.41, 5.74) is 7.31. The molecule has 0 radical (unpaired) electrons. The van der Waals surface area contributed by atoms with E-state index in [1.807, 2.05) is 12.3 Å². The topological polar surface area (TPSA) is 56.7 Å². The van der Waals surface area contributed by atoms with Crippen LogP contribution < -0.4 is 5.73 Å². The minimum absolute atomic E-state index is 0.666. The van der Waals surface area contributed by atoms with E-state index in [2.05, 4.69) is 26.9 Å². The largest absolute Gasteiger partial charge is 0.396 e. The molecule has 0 aromatic carbocycles. The van der Waals surface area contributed by atoms with E-state index in [1.165, 1.54) is 4.88 Å². The van der Waals surface area contributed by atoms with E-state index < -0.39 is 0 Å². The molecule has 0 unspecified atom stereocenters. The lowest BCUT2D eigenvalue weighted by Crippen LogP contribution is -1.99. The van der Waals surface area contributed by atoms with Crippen molar-refractivity contribution in [3.63, 3.8) is 0 Å². The van der Waals surface area contributed by atoms with Gasteiger partial charge in [-0.15, -0.1) is 22.7 Å². The predicted molar refractivity (Wildman–Crippen MR) is 71.2 cm³/mol. The lowest BCUT2D eigenvalue weighted by atomic mass is 10.4. The van der Waals surface area contributed by atoms with E-state index in [1.54, 1.807) is 33.6 Å². The van der Waals surface area contributed by atoms with Gasteiger partial charge in [0.05, 0.1) is 29.0 Å². The molecule has 4 nitrogen and oxygen atoms in total. The maximum absolute atomic E-state index is 5.62. The molecule has 2 N–H and O–H groups in total. The van der Waals surface area contributed by atoms with Crippen LogP contribution in [-0.4, -0.2) is 14.8 Å². The highest BCUT2D eigenvalue weighted by atomic mass is 32.1. The molecule has 6 heteroatoms. The zero-order valence-electron chi connectivity index (χ0n) is 8.91. The number of anilines is 1. The monoisotopic (exact) mass is 262 g/mol. The fourth-order valence-corrected chi connectivity index (χ4v) is 3.15. The summed E-state index contributed by atoms with van der Waals surface area (Å²) in [6, 6.07) is 4.12. The molecule has 0 saturated carbocycles. The first-order valence-electron chi connectivity index (χ1n) is 5.07. The standard InChI is InChI=1S/C11H10N4S2/c12-8-4-13-15(5-8)6-9-7-17-11(14-9)10-2-1-3-16-10/h1-5,7H,6,12H2. The number of thiazole rings is 1. The molecule has 3 rings (SSSR count). The van der Waals surface area contributed by atoms with Crippen LogP contribution in [0.5, 0.6) is 0 Å². The van der Waals surface area contributed by atoms with Crippen molar-refractivity contribution in [1.29, 1.82) is 0 Å². The molecule has 0 atom stereocenters. The molecule has 0 aliphatic carbocycles. The smallest absolute Gasteiger partial charge is 0.133 e. The lowest BCUT2D eigenvalue weighted by molar-refractivity contribution is 0.676. The number of aromatic nitrogens is 3. The first-order valence-corrected chi connectivity index (χ1v) is 6.83. The molecule has 17 heavy (non-hydrogen) atoms. The predicted octanol–water partition coefficient (Wildman–Crippen LogP) is 2.70. The van der Waals surface area contributed by atoms with Crippen LogP contribution in [0.25, 0.3) is 9.88 Å². The summed E-state index contributed by atoms with van der Waals surface area (Å²) in [6.07, 6.45) is 3.46. The number of nitrogens with two attached hydrogens (primary N) is 1. The summed E-state index contributed by atoms with van der Waals surface area (Å²) in [5.74, 6) is 0. The number of hydrogen-bond donors (Lipinski definition) is 1. The Hall–Kier alpha value is -1.66. The summed E-state index contributed by atoms with van der Waals surface area (Å²) >= 11 is 3.37.